The molecule has 0 saturated carbocycles. The summed E-state index contributed by atoms with van der Waals surface area (Å²) in [5.41, 5.74) is 0. The zero-order valence-electron chi connectivity index (χ0n) is 10.1. The van der Waals surface area contributed by atoms with Gasteiger partial charge in [0, 0.05) is 13.1 Å². The number of nitrogens with zero attached hydrogens (tertiary/aromatic N) is 1. The zero-order valence-corrected chi connectivity index (χ0v) is 10.1. The Balaban J connectivity index is 2.25. The van der Waals surface area contributed by atoms with E-state index in [0.717, 1.165) is 0 Å². The Hall–Kier alpha value is -1.51. The van der Waals surface area contributed by atoms with E-state index in [4.69, 9.17) is 9.84 Å². The van der Waals surface area contributed by atoms with Gasteiger partial charge in [0.15, 0.2) is 0 Å². The van der Waals surface area contributed by atoms with Crippen LogP contribution in [0.25, 0.3) is 0 Å². The number of hydrogen-bond acceptors (Lipinski definition) is 3. The normalized spacial score (nSPS) is 17.3. The van der Waals surface area contributed by atoms with Crippen molar-refractivity contribution in [2.24, 2.45) is 0 Å². The van der Waals surface area contributed by atoms with Crippen LogP contribution in [0, 0.1) is 0 Å². The van der Waals surface area contributed by atoms with Crippen molar-refractivity contribution in [3.63, 3.8) is 0 Å². The van der Waals surface area contributed by atoms with Gasteiger partial charge in [-0.1, -0.05) is 0 Å². The lowest BCUT2D eigenvalue weighted by Gasteiger charge is -2.31. The van der Waals surface area contributed by atoms with Crippen molar-refractivity contribution in [2.75, 3.05) is 26.2 Å². The van der Waals surface area contributed by atoms with E-state index in [1.807, 2.05) is 0 Å². The van der Waals surface area contributed by atoms with E-state index in [1.165, 1.54) is 4.90 Å². The van der Waals surface area contributed by atoms with Crippen LogP contribution in [0.15, 0.2) is 0 Å². The molecule has 1 fully saturated rings. The maximum absolute atomic E-state index is 11.9. The highest BCUT2D eigenvalue weighted by Crippen LogP contribution is 2.15. The number of ether oxygens (including phenoxy) is 1. The number of piperidine rings is 1. The summed E-state index contributed by atoms with van der Waals surface area (Å²) in [6.07, 6.45) is -3.89. The smallest absolute Gasteiger partial charge is 0.405 e. The maximum atomic E-state index is 11.9. The average Bonchev–Trinajstić information content (AvgIpc) is 2.33. The van der Waals surface area contributed by atoms with Gasteiger partial charge >= 0.3 is 18.2 Å². The molecule has 0 spiro atoms. The van der Waals surface area contributed by atoms with E-state index < -0.39 is 31.3 Å². The van der Waals surface area contributed by atoms with E-state index >= 15 is 0 Å². The number of carboxylic acid groups (broad SMARTS) is 1. The third-order valence-corrected chi connectivity index (χ3v) is 2.61. The van der Waals surface area contributed by atoms with Gasteiger partial charge in [-0.15, -0.1) is 0 Å². The van der Waals surface area contributed by atoms with Crippen molar-refractivity contribution in [2.45, 2.75) is 25.1 Å². The van der Waals surface area contributed by atoms with E-state index in [1.54, 1.807) is 5.32 Å². The molecule has 0 bridgehead atoms. The number of alkyl halides is 3. The number of halogens is 3. The molecule has 9 heteroatoms. The highest BCUT2D eigenvalue weighted by molar-refractivity contribution is 5.74. The van der Waals surface area contributed by atoms with Gasteiger partial charge in [0.2, 0.25) is 0 Å². The van der Waals surface area contributed by atoms with Crippen molar-refractivity contribution in [3.05, 3.63) is 0 Å². The molecule has 19 heavy (non-hydrogen) atoms. The van der Waals surface area contributed by atoms with Crippen molar-refractivity contribution in [1.29, 1.82) is 0 Å². The third kappa shape index (κ3) is 6.27. The van der Waals surface area contributed by atoms with Crippen molar-refractivity contribution < 1.29 is 32.6 Å². The summed E-state index contributed by atoms with van der Waals surface area (Å²) in [6, 6.07) is -0.769. The molecule has 6 nitrogen and oxygen atoms in total. The number of hydrogen-bond donors (Lipinski definition) is 2. The molecule has 1 heterocycles. The number of nitrogens with one attached hydrogen (secondary N) is 1. The van der Waals surface area contributed by atoms with Gasteiger partial charge in [-0.3, -0.25) is 0 Å². The molecule has 0 aliphatic carbocycles. The second-order valence-electron chi connectivity index (χ2n) is 4.17. The molecule has 1 aliphatic rings. The fourth-order valence-electron chi connectivity index (χ4n) is 1.70. The zero-order chi connectivity index (χ0) is 14.5. The van der Waals surface area contributed by atoms with Crippen LogP contribution in [0.2, 0.25) is 0 Å². The van der Waals surface area contributed by atoms with Crippen molar-refractivity contribution >= 4 is 12.0 Å². The van der Waals surface area contributed by atoms with E-state index in [0.29, 0.717) is 12.8 Å². The Labute approximate surface area is 107 Å². The van der Waals surface area contributed by atoms with E-state index in [2.05, 4.69) is 0 Å². The van der Waals surface area contributed by atoms with E-state index in [-0.39, 0.29) is 19.2 Å². The minimum absolute atomic E-state index is 0.244. The molecule has 0 aromatic rings. The Morgan fingerprint density at radius 2 is 1.89 bits per heavy atom. The number of carboxylic acids is 1. The Morgan fingerprint density at radius 3 is 2.37 bits per heavy atom. The molecular formula is C10H15F3N2O4. The van der Waals surface area contributed by atoms with Crippen LogP contribution in [0.1, 0.15) is 12.8 Å². The van der Waals surface area contributed by atoms with Gasteiger partial charge in [0.05, 0.1) is 6.10 Å². The molecule has 0 radical (unpaired) electrons. The first-order valence-corrected chi connectivity index (χ1v) is 5.71. The average molecular weight is 284 g/mol. The Kier molecular flexibility index (Phi) is 5.40. The van der Waals surface area contributed by atoms with Crippen LogP contribution in [-0.4, -0.2) is 60.5 Å². The minimum atomic E-state index is -4.43. The predicted molar refractivity (Wildman–Crippen MR) is 57.6 cm³/mol. The number of carbonyl (C=O) groups is 2. The topological polar surface area (TPSA) is 78.9 Å². The lowest BCUT2D eigenvalue weighted by molar-refractivity contribution is -0.145. The summed E-state index contributed by atoms with van der Waals surface area (Å²) >= 11 is 0. The number of urea groups is 1. The fourth-order valence-corrected chi connectivity index (χ4v) is 1.70. The summed E-state index contributed by atoms with van der Waals surface area (Å²) in [4.78, 5) is 22.9. The molecule has 0 unspecified atom stereocenters. The van der Waals surface area contributed by atoms with Crippen molar-refractivity contribution in [1.82, 2.24) is 10.2 Å². The van der Waals surface area contributed by atoms with Gasteiger partial charge in [-0.2, -0.15) is 13.2 Å². The second-order valence-corrected chi connectivity index (χ2v) is 4.17. The monoisotopic (exact) mass is 284 g/mol. The fraction of sp³-hybridized carbons (Fsp3) is 0.800. The Bertz CT molecular complexity index is 327. The van der Waals surface area contributed by atoms with Gasteiger partial charge in [-0.05, 0) is 12.8 Å². The second kappa shape index (κ2) is 6.60. The predicted octanol–water partition coefficient (Wildman–Crippen LogP) is 0.824. The first-order chi connectivity index (χ1) is 8.78. The van der Waals surface area contributed by atoms with E-state index in [9.17, 15) is 22.8 Å². The summed E-state index contributed by atoms with van der Waals surface area (Å²) in [7, 11) is 0. The molecule has 1 rings (SSSR count). The standard InChI is InChI=1S/C10H15F3N2O4/c11-10(12,13)6-14-9(18)15-3-1-7(2-4-15)19-5-8(16)17/h7H,1-6H2,(H,14,18)(H,16,17). The molecular weight excluding hydrogens is 269 g/mol. The molecule has 0 aromatic heterocycles. The molecule has 1 aliphatic heterocycles. The molecule has 0 aromatic carbocycles. The van der Waals surface area contributed by atoms with Gasteiger partial charge in [-0.25, -0.2) is 9.59 Å². The molecule has 1 saturated heterocycles. The molecule has 0 atom stereocenters. The van der Waals surface area contributed by atoms with Crippen LogP contribution >= 0.6 is 0 Å². The summed E-state index contributed by atoms with van der Waals surface area (Å²) < 4.78 is 40.8. The third-order valence-electron chi connectivity index (χ3n) is 2.61. The van der Waals surface area contributed by atoms with Crippen LogP contribution < -0.4 is 5.32 Å². The number of rotatable bonds is 4. The Morgan fingerprint density at radius 1 is 1.32 bits per heavy atom. The maximum Gasteiger partial charge on any atom is 0.405 e. The van der Waals surface area contributed by atoms with Crippen LogP contribution in [-0.2, 0) is 9.53 Å². The first-order valence-electron chi connectivity index (χ1n) is 5.71. The van der Waals surface area contributed by atoms with Crippen LogP contribution in [0.5, 0.6) is 0 Å². The molecule has 110 valence electrons. The van der Waals surface area contributed by atoms with Crippen LogP contribution in [0.3, 0.4) is 0 Å². The van der Waals surface area contributed by atoms with Crippen molar-refractivity contribution in [3.8, 4) is 0 Å². The lowest BCUT2D eigenvalue weighted by atomic mass is 10.1. The number of carbonyl (C=O) groups excluding carboxylic acids is 1. The van der Waals surface area contributed by atoms with Gasteiger partial charge in [0.1, 0.15) is 13.2 Å². The highest BCUT2D eigenvalue weighted by Gasteiger charge is 2.30. The minimum Gasteiger partial charge on any atom is -0.480 e. The summed E-state index contributed by atoms with van der Waals surface area (Å²) in [5, 5.41) is 10.2. The van der Waals surface area contributed by atoms with Gasteiger partial charge in [0.25, 0.3) is 0 Å². The summed E-state index contributed by atoms with van der Waals surface area (Å²) in [6.45, 7) is -1.28. The number of amides is 2. The molecule has 2 amide bonds. The van der Waals surface area contributed by atoms with Gasteiger partial charge < -0.3 is 20.1 Å². The van der Waals surface area contributed by atoms with Crippen LogP contribution in [0.4, 0.5) is 18.0 Å². The highest BCUT2D eigenvalue weighted by atomic mass is 19.4. The SMILES string of the molecule is O=C(O)COC1CCN(C(=O)NCC(F)(F)F)CC1. The number of aliphatic carboxylic acids is 1. The quantitative estimate of drug-likeness (QED) is 0.801. The number of likely N-dealkylation sites (tertiary alicyclic amines) is 1. The lowest BCUT2D eigenvalue weighted by Crippen LogP contribution is -2.48. The first kappa shape index (κ1) is 15.5. The summed E-state index contributed by atoms with van der Waals surface area (Å²) in [5.74, 6) is -1.08. The molecule has 2 N–H and O–H groups in total. The largest absolute Gasteiger partial charge is 0.480 e.